The molecule has 0 unspecified atom stereocenters. The predicted molar refractivity (Wildman–Crippen MR) is 79.1 cm³/mol. The highest BCUT2D eigenvalue weighted by atomic mass is 16.3. The molecule has 0 spiro atoms. The summed E-state index contributed by atoms with van der Waals surface area (Å²) in [4.78, 5) is 27.5. The number of rotatable bonds is 2. The maximum absolute atomic E-state index is 12.5. The van der Waals surface area contributed by atoms with Crippen LogP contribution in [0.25, 0.3) is 11.5 Å². The lowest BCUT2D eigenvalue weighted by Gasteiger charge is -2.20. The summed E-state index contributed by atoms with van der Waals surface area (Å²) >= 11 is 0. The standard InChI is InChI=1S/C15H18N4O3/c1-11(20)18-5-3-6-19(8-7-18)15(21)13-10-12(16-17-13)14-4-2-9-22-14/h2,4,9-10H,3,5-8H2,1H3,(H,16,17). The van der Waals surface area contributed by atoms with Crippen molar-refractivity contribution < 1.29 is 14.0 Å². The Hall–Kier alpha value is -2.57. The second-order valence-corrected chi connectivity index (χ2v) is 5.30. The van der Waals surface area contributed by atoms with Gasteiger partial charge in [-0.2, -0.15) is 5.10 Å². The zero-order valence-corrected chi connectivity index (χ0v) is 12.4. The Morgan fingerprint density at radius 3 is 2.73 bits per heavy atom. The average molecular weight is 302 g/mol. The first-order chi connectivity index (χ1) is 10.6. The first kappa shape index (κ1) is 14.4. The summed E-state index contributed by atoms with van der Waals surface area (Å²) in [5.41, 5.74) is 1.04. The van der Waals surface area contributed by atoms with Crippen LogP contribution >= 0.6 is 0 Å². The first-order valence-electron chi connectivity index (χ1n) is 7.29. The van der Waals surface area contributed by atoms with Crippen LogP contribution in [0, 0.1) is 0 Å². The van der Waals surface area contributed by atoms with E-state index in [0.717, 1.165) is 6.42 Å². The molecule has 1 fully saturated rings. The van der Waals surface area contributed by atoms with Crippen LogP contribution in [-0.4, -0.2) is 58.0 Å². The maximum atomic E-state index is 12.5. The summed E-state index contributed by atoms with van der Waals surface area (Å²) < 4.78 is 5.28. The molecule has 3 rings (SSSR count). The number of carbonyl (C=O) groups excluding carboxylic acids is 2. The summed E-state index contributed by atoms with van der Waals surface area (Å²) in [5, 5.41) is 6.89. The SMILES string of the molecule is CC(=O)N1CCCN(C(=O)c2cc(-c3ccco3)[nH]n2)CC1. The quantitative estimate of drug-likeness (QED) is 0.908. The fourth-order valence-corrected chi connectivity index (χ4v) is 2.59. The number of nitrogens with one attached hydrogen (secondary N) is 1. The van der Waals surface area contributed by atoms with Gasteiger partial charge in [-0.25, -0.2) is 0 Å². The zero-order chi connectivity index (χ0) is 15.5. The fourth-order valence-electron chi connectivity index (χ4n) is 2.59. The van der Waals surface area contributed by atoms with Gasteiger partial charge in [0.15, 0.2) is 11.5 Å². The lowest BCUT2D eigenvalue weighted by atomic mass is 10.2. The second-order valence-electron chi connectivity index (χ2n) is 5.30. The third-order valence-electron chi connectivity index (χ3n) is 3.81. The number of nitrogens with zero attached hydrogens (tertiary/aromatic N) is 3. The van der Waals surface area contributed by atoms with Crippen LogP contribution in [0.15, 0.2) is 28.9 Å². The molecule has 2 aromatic rings. The molecule has 0 aromatic carbocycles. The van der Waals surface area contributed by atoms with Crippen molar-refractivity contribution in [3.05, 3.63) is 30.2 Å². The van der Waals surface area contributed by atoms with Gasteiger partial charge in [0.25, 0.3) is 5.91 Å². The van der Waals surface area contributed by atoms with Crippen molar-refractivity contribution in [2.45, 2.75) is 13.3 Å². The minimum Gasteiger partial charge on any atom is -0.463 e. The molecular formula is C15H18N4O3. The number of hydrogen-bond donors (Lipinski definition) is 1. The molecule has 0 bridgehead atoms. The Kier molecular flexibility index (Phi) is 3.95. The van der Waals surface area contributed by atoms with Gasteiger partial charge in [0.05, 0.1) is 6.26 Å². The van der Waals surface area contributed by atoms with Crippen molar-refractivity contribution in [2.75, 3.05) is 26.2 Å². The highest BCUT2D eigenvalue weighted by molar-refractivity contribution is 5.93. The van der Waals surface area contributed by atoms with Crippen molar-refractivity contribution in [1.29, 1.82) is 0 Å². The van der Waals surface area contributed by atoms with Crippen molar-refractivity contribution in [3.63, 3.8) is 0 Å². The molecule has 0 atom stereocenters. The van der Waals surface area contributed by atoms with Crippen molar-refractivity contribution in [1.82, 2.24) is 20.0 Å². The lowest BCUT2D eigenvalue weighted by molar-refractivity contribution is -0.128. The number of carbonyl (C=O) groups is 2. The number of furan rings is 1. The number of aromatic amines is 1. The van der Waals surface area contributed by atoms with Crippen molar-refractivity contribution in [2.24, 2.45) is 0 Å². The molecule has 1 saturated heterocycles. The Bertz CT molecular complexity index is 662. The third kappa shape index (κ3) is 2.88. The average Bonchev–Trinajstić information content (AvgIpc) is 3.12. The van der Waals surface area contributed by atoms with Gasteiger partial charge in [-0.3, -0.25) is 14.7 Å². The normalized spacial score (nSPS) is 15.7. The molecule has 0 aliphatic carbocycles. The summed E-state index contributed by atoms with van der Waals surface area (Å²) in [6.07, 6.45) is 2.35. The van der Waals surface area contributed by atoms with Gasteiger partial charge >= 0.3 is 0 Å². The molecule has 3 heterocycles. The third-order valence-corrected chi connectivity index (χ3v) is 3.81. The van der Waals surface area contributed by atoms with Crippen LogP contribution in [0.2, 0.25) is 0 Å². The second kappa shape index (κ2) is 6.05. The number of H-pyrrole nitrogens is 1. The van der Waals surface area contributed by atoms with Gasteiger partial charge < -0.3 is 14.2 Å². The number of amides is 2. The van der Waals surface area contributed by atoms with Crippen LogP contribution in [0.4, 0.5) is 0 Å². The Morgan fingerprint density at radius 2 is 2.00 bits per heavy atom. The molecule has 0 saturated carbocycles. The van der Waals surface area contributed by atoms with Crippen LogP contribution in [0.1, 0.15) is 23.8 Å². The Balaban J connectivity index is 1.70. The molecule has 116 valence electrons. The minimum atomic E-state index is -0.126. The minimum absolute atomic E-state index is 0.0502. The topological polar surface area (TPSA) is 82.4 Å². The van der Waals surface area contributed by atoms with E-state index in [1.807, 2.05) is 0 Å². The lowest BCUT2D eigenvalue weighted by Crippen LogP contribution is -2.36. The summed E-state index contributed by atoms with van der Waals surface area (Å²) in [6, 6.07) is 5.27. The van der Waals surface area contributed by atoms with E-state index in [0.29, 0.717) is 43.3 Å². The molecular weight excluding hydrogens is 284 g/mol. The Morgan fingerprint density at radius 1 is 1.23 bits per heavy atom. The molecule has 1 aliphatic rings. The van der Waals surface area contributed by atoms with E-state index in [2.05, 4.69) is 10.2 Å². The molecule has 7 heteroatoms. The first-order valence-corrected chi connectivity index (χ1v) is 7.29. The van der Waals surface area contributed by atoms with E-state index >= 15 is 0 Å². The molecule has 22 heavy (non-hydrogen) atoms. The van der Waals surface area contributed by atoms with E-state index < -0.39 is 0 Å². The largest absolute Gasteiger partial charge is 0.463 e. The molecule has 2 aromatic heterocycles. The van der Waals surface area contributed by atoms with Gasteiger partial charge in [-0.1, -0.05) is 0 Å². The number of aromatic nitrogens is 2. The summed E-state index contributed by atoms with van der Waals surface area (Å²) in [6.45, 7) is 3.97. The van der Waals surface area contributed by atoms with Crippen LogP contribution in [-0.2, 0) is 4.79 Å². The van der Waals surface area contributed by atoms with Crippen molar-refractivity contribution in [3.8, 4) is 11.5 Å². The Labute approximate surface area is 127 Å². The number of hydrogen-bond acceptors (Lipinski definition) is 4. The van der Waals surface area contributed by atoms with E-state index in [-0.39, 0.29) is 11.8 Å². The van der Waals surface area contributed by atoms with Gasteiger partial charge in [-0.05, 0) is 18.6 Å². The van der Waals surface area contributed by atoms with E-state index in [1.165, 1.54) is 0 Å². The van der Waals surface area contributed by atoms with Crippen molar-refractivity contribution >= 4 is 11.8 Å². The monoisotopic (exact) mass is 302 g/mol. The highest BCUT2D eigenvalue weighted by Gasteiger charge is 2.23. The van der Waals surface area contributed by atoms with Gasteiger partial charge in [0.2, 0.25) is 5.91 Å². The van der Waals surface area contributed by atoms with E-state index in [4.69, 9.17) is 4.42 Å². The maximum Gasteiger partial charge on any atom is 0.274 e. The highest BCUT2D eigenvalue weighted by Crippen LogP contribution is 2.18. The van der Waals surface area contributed by atoms with E-state index in [1.54, 1.807) is 41.2 Å². The zero-order valence-electron chi connectivity index (χ0n) is 12.4. The summed E-state index contributed by atoms with van der Waals surface area (Å²) in [5.74, 6) is 0.568. The van der Waals surface area contributed by atoms with Gasteiger partial charge in [-0.15, -0.1) is 0 Å². The van der Waals surface area contributed by atoms with Gasteiger partial charge in [0.1, 0.15) is 5.69 Å². The summed E-state index contributed by atoms with van der Waals surface area (Å²) in [7, 11) is 0. The molecule has 1 N–H and O–H groups in total. The van der Waals surface area contributed by atoms with Gasteiger partial charge in [0, 0.05) is 39.2 Å². The van der Waals surface area contributed by atoms with Crippen LogP contribution in [0.3, 0.4) is 0 Å². The molecule has 7 nitrogen and oxygen atoms in total. The molecule has 1 aliphatic heterocycles. The fraction of sp³-hybridized carbons (Fsp3) is 0.400. The van der Waals surface area contributed by atoms with E-state index in [9.17, 15) is 9.59 Å². The van der Waals surface area contributed by atoms with Crippen LogP contribution < -0.4 is 0 Å². The molecule has 2 amide bonds. The predicted octanol–water partition coefficient (Wildman–Crippen LogP) is 1.36. The smallest absolute Gasteiger partial charge is 0.274 e. The van der Waals surface area contributed by atoms with Crippen LogP contribution in [0.5, 0.6) is 0 Å². The molecule has 0 radical (unpaired) electrons.